The molecule has 10 rings (SSSR count). The fraction of sp³-hybridized carbons (Fsp3) is 0.304. The van der Waals surface area contributed by atoms with Crippen molar-refractivity contribution < 1.29 is 9.47 Å². The van der Waals surface area contributed by atoms with Gasteiger partial charge in [-0.3, -0.25) is 28.5 Å². The second kappa shape index (κ2) is 17.5. The first kappa shape index (κ1) is 40.4. The molecule has 320 valence electrons. The quantitative estimate of drug-likeness (QED) is 0.158. The molecule has 0 spiro atoms. The Morgan fingerprint density at radius 1 is 0.435 bits per heavy atom. The van der Waals surface area contributed by atoms with E-state index in [1.807, 2.05) is 84.9 Å². The van der Waals surface area contributed by atoms with Gasteiger partial charge in [0.25, 0.3) is 11.1 Å². The molecule has 2 fully saturated rings. The number of methoxy groups -OCH3 is 2. The molecule has 8 aromatic rings. The van der Waals surface area contributed by atoms with Crippen LogP contribution >= 0.6 is 0 Å². The van der Waals surface area contributed by atoms with Crippen LogP contribution in [0.15, 0.2) is 116 Å². The number of hydrogen-bond donors (Lipinski definition) is 4. The van der Waals surface area contributed by atoms with Gasteiger partial charge >= 0.3 is 11.4 Å². The van der Waals surface area contributed by atoms with E-state index in [-0.39, 0.29) is 22.5 Å². The molecule has 62 heavy (non-hydrogen) atoms. The van der Waals surface area contributed by atoms with Crippen molar-refractivity contribution in [2.45, 2.75) is 13.1 Å². The van der Waals surface area contributed by atoms with E-state index in [4.69, 9.17) is 9.47 Å². The van der Waals surface area contributed by atoms with Crippen LogP contribution in [0.1, 0.15) is 0 Å². The maximum absolute atomic E-state index is 13.0. The summed E-state index contributed by atoms with van der Waals surface area (Å²) in [7, 11) is 3.38. The topological polar surface area (TPSA) is 173 Å². The summed E-state index contributed by atoms with van der Waals surface area (Å²) >= 11 is 0. The molecule has 16 nitrogen and oxygen atoms in total. The summed E-state index contributed by atoms with van der Waals surface area (Å²) in [5.41, 5.74) is 4.65. The summed E-state index contributed by atoms with van der Waals surface area (Å²) < 4.78 is 13.6. The highest BCUT2D eigenvalue weighted by Crippen LogP contribution is 2.30. The Kier molecular flexibility index (Phi) is 11.4. The monoisotopic (exact) mass is 838 g/mol. The van der Waals surface area contributed by atoms with Crippen molar-refractivity contribution in [2.75, 3.05) is 89.5 Å². The number of benzene rings is 4. The Morgan fingerprint density at radius 3 is 1.21 bits per heavy atom. The molecule has 16 heteroatoms. The van der Waals surface area contributed by atoms with E-state index in [1.54, 1.807) is 14.2 Å². The maximum atomic E-state index is 13.0. The van der Waals surface area contributed by atoms with Crippen LogP contribution < -0.4 is 41.8 Å². The van der Waals surface area contributed by atoms with Gasteiger partial charge in [-0.2, -0.15) is 0 Å². The lowest BCUT2D eigenvalue weighted by molar-refractivity contribution is 0.245. The van der Waals surface area contributed by atoms with Crippen LogP contribution in [0.5, 0.6) is 11.5 Å². The van der Waals surface area contributed by atoms with Crippen LogP contribution in [0.25, 0.3) is 43.9 Å². The number of anilines is 2. The van der Waals surface area contributed by atoms with Gasteiger partial charge in [0.05, 0.1) is 36.6 Å². The molecule has 0 saturated carbocycles. The molecule has 6 heterocycles. The van der Waals surface area contributed by atoms with E-state index in [1.165, 1.54) is 9.13 Å². The zero-order valence-electron chi connectivity index (χ0n) is 34.9. The van der Waals surface area contributed by atoms with Gasteiger partial charge in [-0.05, 0) is 36.4 Å². The van der Waals surface area contributed by atoms with Crippen molar-refractivity contribution in [3.8, 4) is 11.5 Å². The van der Waals surface area contributed by atoms with Crippen LogP contribution in [0, 0.1) is 0 Å². The van der Waals surface area contributed by atoms with Crippen molar-refractivity contribution >= 4 is 55.2 Å². The average molecular weight is 839 g/mol. The predicted molar refractivity (Wildman–Crippen MR) is 245 cm³/mol. The van der Waals surface area contributed by atoms with Crippen LogP contribution in [0.4, 0.5) is 11.4 Å². The highest BCUT2D eigenvalue weighted by molar-refractivity contribution is 6.05. The lowest BCUT2D eigenvalue weighted by atomic mass is 10.2. The van der Waals surface area contributed by atoms with Crippen molar-refractivity contribution in [2.24, 2.45) is 0 Å². The first-order valence-corrected chi connectivity index (χ1v) is 21.0. The summed E-state index contributed by atoms with van der Waals surface area (Å²) in [6.45, 7) is 8.92. The van der Waals surface area contributed by atoms with E-state index >= 15 is 0 Å². The zero-order chi connectivity index (χ0) is 42.7. The lowest BCUT2D eigenvalue weighted by Crippen LogP contribution is -2.48. The normalized spacial score (nSPS) is 15.1. The number of ether oxygens (including phenoxy) is 2. The smallest absolute Gasteiger partial charge is 0.328 e. The van der Waals surface area contributed by atoms with E-state index in [0.717, 1.165) is 97.0 Å². The summed E-state index contributed by atoms with van der Waals surface area (Å²) in [4.78, 5) is 72.5. The van der Waals surface area contributed by atoms with Gasteiger partial charge in [0.15, 0.2) is 0 Å². The van der Waals surface area contributed by atoms with E-state index in [9.17, 15) is 19.2 Å². The van der Waals surface area contributed by atoms with Crippen LogP contribution in [0.3, 0.4) is 0 Å². The second-order valence-corrected chi connectivity index (χ2v) is 15.6. The predicted octanol–water partition coefficient (Wildman–Crippen LogP) is 4.00. The van der Waals surface area contributed by atoms with Gasteiger partial charge in [0.1, 0.15) is 22.5 Å². The lowest BCUT2D eigenvalue weighted by Gasteiger charge is -2.36. The van der Waals surface area contributed by atoms with Crippen molar-refractivity contribution in [3.05, 3.63) is 139 Å². The Morgan fingerprint density at radius 2 is 0.806 bits per heavy atom. The van der Waals surface area contributed by atoms with Crippen molar-refractivity contribution in [1.29, 1.82) is 0 Å². The molecule has 4 aromatic carbocycles. The fourth-order valence-electron chi connectivity index (χ4n) is 8.76. The highest BCUT2D eigenvalue weighted by atomic mass is 16.5. The third-order valence-corrected chi connectivity index (χ3v) is 12.2. The Bertz CT molecular complexity index is 2900. The third-order valence-electron chi connectivity index (χ3n) is 12.2. The first-order valence-electron chi connectivity index (χ1n) is 21.0. The molecule has 0 amide bonds. The Labute approximate surface area is 355 Å². The summed E-state index contributed by atoms with van der Waals surface area (Å²) in [6.07, 6.45) is 0. The molecule has 4 aromatic heterocycles. The number of nitrogens with one attached hydrogen (secondary N) is 4. The maximum Gasteiger partial charge on any atom is 0.328 e. The minimum absolute atomic E-state index is 0.275. The number of aromatic amines is 4. The minimum Gasteiger partial charge on any atom is -0.495 e. The fourth-order valence-corrected chi connectivity index (χ4v) is 8.76. The van der Waals surface area contributed by atoms with Gasteiger partial charge in [-0.1, -0.05) is 60.7 Å². The highest BCUT2D eigenvalue weighted by Gasteiger charge is 2.22. The molecule has 2 aliphatic heterocycles. The van der Waals surface area contributed by atoms with Gasteiger partial charge in [-0.25, -0.2) is 9.59 Å². The van der Waals surface area contributed by atoms with Crippen LogP contribution in [-0.4, -0.2) is 119 Å². The summed E-state index contributed by atoms with van der Waals surface area (Å²) in [6, 6.07) is 31.3. The average Bonchev–Trinajstić information content (AvgIpc) is 3.88. The number of rotatable bonds is 10. The number of fused-ring (bicyclic) bond motifs is 6. The zero-order valence-corrected chi connectivity index (χ0v) is 34.9. The van der Waals surface area contributed by atoms with E-state index in [2.05, 4.69) is 51.7 Å². The van der Waals surface area contributed by atoms with Crippen LogP contribution in [-0.2, 0) is 13.1 Å². The van der Waals surface area contributed by atoms with Gasteiger partial charge in [0, 0.05) is 100 Å². The summed E-state index contributed by atoms with van der Waals surface area (Å²) in [5.74, 6) is 1.75. The van der Waals surface area contributed by atoms with Gasteiger partial charge in [0.2, 0.25) is 0 Å². The molecule has 0 aliphatic carbocycles. The Balaban J connectivity index is 0.000000158. The summed E-state index contributed by atoms with van der Waals surface area (Å²) in [5, 5.41) is 1.71. The molecule has 0 bridgehead atoms. The first-order chi connectivity index (χ1) is 30.3. The molecule has 0 unspecified atom stereocenters. The molecular weight excluding hydrogens is 789 g/mol. The Hall–Kier alpha value is -7.04. The number of piperazine rings is 2. The van der Waals surface area contributed by atoms with Gasteiger partial charge in [-0.15, -0.1) is 0 Å². The van der Waals surface area contributed by atoms with Gasteiger partial charge < -0.3 is 39.2 Å². The standard InChI is InChI=1S/2C23H25N5O3/c2*1-31-19-9-5-4-8-18(19)27-13-10-26(11-14-27)12-15-28-22(29)21-20(25-23(28)30)16-6-2-3-7-17(16)24-21/h2*2-9,24H,10-15H2,1H3,(H,25,30). The number of para-hydroxylation sites is 6. The van der Waals surface area contributed by atoms with Crippen molar-refractivity contribution in [3.63, 3.8) is 0 Å². The minimum atomic E-state index is -0.366. The number of hydrogen-bond acceptors (Lipinski definition) is 10. The van der Waals surface area contributed by atoms with Crippen LogP contribution in [0.2, 0.25) is 0 Å². The van der Waals surface area contributed by atoms with E-state index in [0.29, 0.717) is 48.2 Å². The molecular formula is C46H50N10O6. The number of H-pyrrole nitrogens is 4. The van der Waals surface area contributed by atoms with Crippen molar-refractivity contribution in [1.82, 2.24) is 38.9 Å². The molecule has 2 saturated heterocycles. The number of nitrogens with zero attached hydrogens (tertiary/aromatic N) is 6. The van der Waals surface area contributed by atoms with E-state index < -0.39 is 0 Å². The molecule has 2 aliphatic rings. The third kappa shape index (κ3) is 7.85. The largest absolute Gasteiger partial charge is 0.495 e. The SMILES string of the molecule is COc1ccccc1N1CCN(CCn2c(=O)[nH]c3c([nH]c4ccccc43)c2=O)CC1.COc1ccccc1N1CCN(CCn2c(=O)[nH]c3c([nH]c4ccccc43)c2=O)CC1. The molecule has 0 atom stereocenters. The number of aromatic nitrogens is 6. The molecule has 4 N–H and O–H groups in total. The molecule has 0 radical (unpaired) electrons. The second-order valence-electron chi connectivity index (χ2n) is 15.6.